The molecule has 11 heavy (non-hydrogen) atoms. The normalized spacial score (nSPS) is 26.2. The molecule has 0 aliphatic carbocycles. The van der Waals surface area contributed by atoms with Crippen LogP contribution in [0.2, 0.25) is 10.6 Å². The lowest BCUT2D eigenvalue weighted by atomic mass is 10.3. The molecule has 0 bridgehead atoms. The van der Waals surface area contributed by atoms with Crippen LogP contribution in [0.5, 0.6) is 0 Å². The van der Waals surface area contributed by atoms with Crippen LogP contribution in [0.15, 0.2) is 0 Å². The van der Waals surface area contributed by atoms with E-state index < -0.39 is 14.5 Å². The van der Waals surface area contributed by atoms with Gasteiger partial charge in [-0.1, -0.05) is 52.7 Å². The second-order valence-electron chi connectivity index (χ2n) is 3.73. The van der Waals surface area contributed by atoms with Crippen LogP contribution in [-0.4, -0.2) is 19.5 Å². The molecular weight excluding hydrogens is 219 g/mol. The third kappa shape index (κ3) is 3.94. The standard InChI is InChI=1S/C4H7BrO.C4H9.Al/c1-2-3-4(5)6;1-4(2)3;/h4H,1-3H2;4H,1H2,2-3H3;/q-1;;+1. The summed E-state index contributed by atoms with van der Waals surface area (Å²) >= 11 is 2.74. The Morgan fingerprint density at radius 3 is 2.91 bits per heavy atom. The van der Waals surface area contributed by atoms with Crippen LogP contribution in [0, 0.1) is 5.92 Å². The van der Waals surface area contributed by atoms with Gasteiger partial charge in [-0.15, -0.1) is 0 Å². The number of alkyl halides is 1. The highest BCUT2D eigenvalue weighted by Crippen LogP contribution is 2.25. The largest absolute Gasteiger partial charge is 0.490 e. The SMILES string of the molecule is CC(C)[CH2][Al]1[CH2]CCC(Br)[O]1. The molecule has 0 amide bonds. The maximum absolute atomic E-state index is 5.85. The van der Waals surface area contributed by atoms with E-state index in [1.54, 1.807) is 0 Å². The van der Waals surface area contributed by atoms with Gasteiger partial charge in [0.05, 0.1) is 5.01 Å². The third-order valence-electron chi connectivity index (χ3n) is 2.03. The Balaban J connectivity index is 2.23. The van der Waals surface area contributed by atoms with Gasteiger partial charge in [0.2, 0.25) is 0 Å². The lowest BCUT2D eigenvalue weighted by molar-refractivity contribution is 0.257. The fourth-order valence-corrected chi connectivity index (χ4v) is 5.57. The van der Waals surface area contributed by atoms with Crippen molar-refractivity contribution in [3.8, 4) is 0 Å². The van der Waals surface area contributed by atoms with Crippen molar-refractivity contribution in [2.75, 3.05) is 0 Å². The van der Waals surface area contributed by atoms with Gasteiger partial charge in [0.1, 0.15) is 0 Å². The zero-order chi connectivity index (χ0) is 8.27. The van der Waals surface area contributed by atoms with Gasteiger partial charge in [-0.2, -0.15) is 0 Å². The second kappa shape index (κ2) is 4.87. The van der Waals surface area contributed by atoms with Crippen LogP contribution in [0.25, 0.3) is 0 Å². The molecule has 1 aliphatic heterocycles. The lowest BCUT2D eigenvalue weighted by Gasteiger charge is -2.24. The molecule has 0 aromatic rings. The van der Waals surface area contributed by atoms with Crippen molar-refractivity contribution in [1.82, 2.24) is 0 Å². The van der Waals surface area contributed by atoms with Crippen molar-refractivity contribution in [3.05, 3.63) is 0 Å². The summed E-state index contributed by atoms with van der Waals surface area (Å²) in [5.74, 6) is 0.824. The molecule has 0 spiro atoms. The fraction of sp³-hybridized carbons (Fsp3) is 1.00. The third-order valence-corrected chi connectivity index (χ3v) is 6.34. The highest BCUT2D eigenvalue weighted by atomic mass is 79.9. The Labute approximate surface area is 82.4 Å². The first-order valence-corrected chi connectivity index (χ1v) is 7.50. The van der Waals surface area contributed by atoms with Crippen molar-refractivity contribution in [1.29, 1.82) is 0 Å². The molecule has 0 aromatic heterocycles. The van der Waals surface area contributed by atoms with E-state index >= 15 is 0 Å². The first-order chi connectivity index (χ1) is 5.18. The monoisotopic (exact) mass is 234 g/mol. The minimum atomic E-state index is -0.789. The Morgan fingerprint density at radius 1 is 1.64 bits per heavy atom. The second-order valence-corrected chi connectivity index (χ2v) is 7.31. The molecule has 64 valence electrons. The van der Waals surface area contributed by atoms with E-state index in [2.05, 4.69) is 29.8 Å². The average Bonchev–Trinajstić information content (AvgIpc) is 1.85. The minimum absolute atomic E-state index is 0.381. The highest BCUT2D eigenvalue weighted by molar-refractivity contribution is 9.09. The molecule has 1 fully saturated rings. The Morgan fingerprint density at radius 2 is 2.36 bits per heavy atom. The van der Waals surface area contributed by atoms with Crippen molar-refractivity contribution in [3.63, 3.8) is 0 Å². The van der Waals surface area contributed by atoms with E-state index in [-0.39, 0.29) is 0 Å². The average molecular weight is 235 g/mol. The van der Waals surface area contributed by atoms with Gasteiger partial charge in [-0.05, 0) is 6.42 Å². The van der Waals surface area contributed by atoms with E-state index in [1.807, 2.05) is 0 Å². The highest BCUT2D eigenvalue weighted by Gasteiger charge is 2.28. The number of rotatable bonds is 2. The van der Waals surface area contributed by atoms with E-state index in [0.29, 0.717) is 5.01 Å². The molecule has 3 heteroatoms. The summed E-state index contributed by atoms with van der Waals surface area (Å²) in [6, 6.07) is 0. The topological polar surface area (TPSA) is 9.23 Å². The van der Waals surface area contributed by atoms with E-state index in [1.165, 1.54) is 23.4 Å². The zero-order valence-corrected chi connectivity index (χ0v) is 10.1. The van der Waals surface area contributed by atoms with Crippen molar-refractivity contribution < 1.29 is 3.79 Å². The zero-order valence-electron chi connectivity index (χ0n) is 7.35. The molecule has 0 saturated carbocycles. The van der Waals surface area contributed by atoms with Crippen molar-refractivity contribution >= 4 is 30.4 Å². The van der Waals surface area contributed by atoms with Crippen molar-refractivity contribution in [2.24, 2.45) is 5.92 Å². The smallest absolute Gasteiger partial charge is 0.461 e. The van der Waals surface area contributed by atoms with Crippen LogP contribution in [0.4, 0.5) is 0 Å². The maximum Gasteiger partial charge on any atom is 0.461 e. The summed E-state index contributed by atoms with van der Waals surface area (Å²) in [6.45, 7) is 4.57. The predicted octanol–water partition coefficient (Wildman–Crippen LogP) is 3.17. The Hall–Kier alpha value is 0.972. The van der Waals surface area contributed by atoms with Gasteiger partial charge in [0.15, 0.2) is 0 Å². The molecule has 1 rings (SSSR count). The van der Waals surface area contributed by atoms with E-state index in [9.17, 15) is 0 Å². The van der Waals surface area contributed by atoms with Crippen LogP contribution in [0.3, 0.4) is 0 Å². The Bertz CT molecular complexity index is 117. The summed E-state index contributed by atoms with van der Waals surface area (Å²) in [6.07, 6.45) is 2.58. The maximum atomic E-state index is 5.85. The summed E-state index contributed by atoms with van der Waals surface area (Å²) in [5, 5.41) is 3.12. The number of hydrogen-bond acceptors (Lipinski definition) is 1. The van der Waals surface area contributed by atoms with Crippen LogP contribution in [-0.2, 0) is 3.79 Å². The molecule has 1 nitrogen and oxygen atoms in total. The number of halogens is 1. The molecule has 1 aliphatic rings. The summed E-state index contributed by atoms with van der Waals surface area (Å²) in [7, 11) is 0. The minimum Gasteiger partial charge on any atom is -0.490 e. The molecule has 1 saturated heterocycles. The first kappa shape index (κ1) is 10.1. The van der Waals surface area contributed by atoms with E-state index in [4.69, 9.17) is 3.79 Å². The fourth-order valence-electron chi connectivity index (χ4n) is 1.55. The summed E-state index contributed by atoms with van der Waals surface area (Å²) in [5.41, 5.74) is 0. The quantitative estimate of drug-likeness (QED) is 0.527. The molecule has 0 aromatic carbocycles. The van der Waals surface area contributed by atoms with Crippen molar-refractivity contribution in [2.45, 2.75) is 42.3 Å². The Kier molecular flexibility index (Phi) is 4.45. The van der Waals surface area contributed by atoms with Gasteiger partial charge in [-0.25, -0.2) is 0 Å². The van der Waals surface area contributed by atoms with Crippen LogP contribution >= 0.6 is 15.9 Å². The lowest BCUT2D eigenvalue weighted by Crippen LogP contribution is -2.28. The predicted molar refractivity (Wildman–Crippen MR) is 53.2 cm³/mol. The van der Waals surface area contributed by atoms with Gasteiger partial charge in [0, 0.05) is 0 Å². The van der Waals surface area contributed by atoms with Gasteiger partial charge >= 0.3 is 14.5 Å². The molecule has 1 atom stereocenters. The molecule has 0 N–H and O–H groups in total. The van der Waals surface area contributed by atoms with Crippen LogP contribution < -0.4 is 0 Å². The number of hydrogen-bond donors (Lipinski definition) is 0. The van der Waals surface area contributed by atoms with E-state index in [0.717, 1.165) is 5.92 Å². The summed E-state index contributed by atoms with van der Waals surface area (Å²) < 4.78 is 5.85. The molecule has 1 unspecified atom stereocenters. The molecule has 1 heterocycles. The first-order valence-electron chi connectivity index (χ1n) is 4.48. The van der Waals surface area contributed by atoms with Gasteiger partial charge in [0.25, 0.3) is 0 Å². The van der Waals surface area contributed by atoms with Crippen LogP contribution in [0.1, 0.15) is 26.7 Å². The van der Waals surface area contributed by atoms with Gasteiger partial charge < -0.3 is 3.79 Å². The summed E-state index contributed by atoms with van der Waals surface area (Å²) in [4.78, 5) is 0. The molecule has 0 radical (unpaired) electrons. The molecular formula is C8H16AlBrO. The van der Waals surface area contributed by atoms with Gasteiger partial charge in [-0.3, -0.25) is 0 Å².